The molecule has 0 N–H and O–H groups in total. The largest absolute Gasteiger partial charge is 0.340 e. The molecule has 1 unspecified atom stereocenters. The molecule has 1 aromatic carbocycles. The van der Waals surface area contributed by atoms with Crippen LogP contribution in [-0.2, 0) is 4.79 Å². The van der Waals surface area contributed by atoms with Gasteiger partial charge in [-0.3, -0.25) is 14.5 Å². The number of hydrogen-bond donors (Lipinski definition) is 0. The van der Waals surface area contributed by atoms with Gasteiger partial charge in [-0.1, -0.05) is 31.0 Å². The van der Waals surface area contributed by atoms with Gasteiger partial charge in [0.25, 0.3) is 5.91 Å². The molecule has 0 bridgehead atoms. The molecule has 1 aliphatic carbocycles. The average Bonchev–Trinajstić information content (AvgIpc) is 3.29. The fraction of sp³-hybridized carbons (Fsp3) is 0.652. The van der Waals surface area contributed by atoms with Gasteiger partial charge in [0.1, 0.15) is 0 Å². The Morgan fingerprint density at radius 2 is 1.59 bits per heavy atom. The van der Waals surface area contributed by atoms with Crippen LogP contribution in [0.25, 0.3) is 0 Å². The van der Waals surface area contributed by atoms with E-state index in [0.29, 0.717) is 24.9 Å². The Morgan fingerprint density at radius 1 is 0.931 bits per heavy atom. The van der Waals surface area contributed by atoms with Crippen LogP contribution >= 0.6 is 11.8 Å². The molecule has 6 heteroatoms. The zero-order chi connectivity index (χ0) is 20.2. The van der Waals surface area contributed by atoms with E-state index in [-0.39, 0.29) is 11.9 Å². The minimum atomic E-state index is 0.0105. The summed E-state index contributed by atoms with van der Waals surface area (Å²) in [6.07, 6.45) is 4.83. The maximum atomic E-state index is 13.5. The normalized spacial score (nSPS) is 22.7. The summed E-state index contributed by atoms with van der Waals surface area (Å²) in [6, 6.07) is 7.83. The Balaban J connectivity index is 1.43. The zero-order valence-corrected chi connectivity index (χ0v) is 18.3. The van der Waals surface area contributed by atoms with Crippen LogP contribution in [-0.4, -0.2) is 83.3 Å². The summed E-state index contributed by atoms with van der Waals surface area (Å²) in [7, 11) is 0. The molecule has 158 valence electrons. The van der Waals surface area contributed by atoms with E-state index >= 15 is 0 Å². The molecule has 5 nitrogen and oxygen atoms in total. The van der Waals surface area contributed by atoms with Crippen LogP contribution in [0.5, 0.6) is 0 Å². The summed E-state index contributed by atoms with van der Waals surface area (Å²) >= 11 is 1.95. The van der Waals surface area contributed by atoms with Gasteiger partial charge in [-0.25, -0.2) is 0 Å². The first-order chi connectivity index (χ1) is 14.1. The van der Waals surface area contributed by atoms with Crippen molar-refractivity contribution >= 4 is 23.6 Å². The Labute approximate surface area is 178 Å². The molecule has 2 saturated heterocycles. The maximum absolute atomic E-state index is 13.5. The van der Waals surface area contributed by atoms with Crippen molar-refractivity contribution in [3.8, 4) is 0 Å². The van der Waals surface area contributed by atoms with Crippen LogP contribution in [0.2, 0.25) is 0 Å². The van der Waals surface area contributed by atoms with Crippen molar-refractivity contribution in [1.29, 1.82) is 0 Å². The van der Waals surface area contributed by atoms with Gasteiger partial charge in [0.15, 0.2) is 0 Å². The van der Waals surface area contributed by atoms with Gasteiger partial charge in [0.2, 0.25) is 5.91 Å². The second-order valence-corrected chi connectivity index (χ2v) is 9.79. The summed E-state index contributed by atoms with van der Waals surface area (Å²) in [5.74, 6) is 3.06. The third-order valence-electron chi connectivity index (χ3n) is 6.79. The SMILES string of the molecule is Cc1ccccc1C(=O)N1CCN(C(C(=O)N2CCSCC2)C2CCCC2)CC1. The molecule has 3 aliphatic rings. The summed E-state index contributed by atoms with van der Waals surface area (Å²) < 4.78 is 0. The van der Waals surface area contributed by atoms with Crippen LogP contribution < -0.4 is 0 Å². The van der Waals surface area contributed by atoms with E-state index in [2.05, 4.69) is 9.80 Å². The van der Waals surface area contributed by atoms with E-state index < -0.39 is 0 Å². The van der Waals surface area contributed by atoms with Gasteiger partial charge in [-0.2, -0.15) is 11.8 Å². The first-order valence-corrected chi connectivity index (χ1v) is 12.3. The van der Waals surface area contributed by atoms with Crippen molar-refractivity contribution in [3.05, 3.63) is 35.4 Å². The number of rotatable bonds is 4. The summed E-state index contributed by atoms with van der Waals surface area (Å²) in [5, 5.41) is 0. The topological polar surface area (TPSA) is 43.9 Å². The summed E-state index contributed by atoms with van der Waals surface area (Å²) in [4.78, 5) is 32.9. The Kier molecular flexibility index (Phi) is 6.81. The number of amides is 2. The number of hydrogen-bond acceptors (Lipinski definition) is 4. The van der Waals surface area contributed by atoms with Crippen LogP contribution in [0.1, 0.15) is 41.6 Å². The lowest BCUT2D eigenvalue weighted by Gasteiger charge is -2.43. The van der Waals surface area contributed by atoms with Crippen LogP contribution in [0.3, 0.4) is 0 Å². The molecule has 3 fully saturated rings. The van der Waals surface area contributed by atoms with Gasteiger partial charge in [0, 0.05) is 56.3 Å². The molecule has 1 aromatic rings. The maximum Gasteiger partial charge on any atom is 0.254 e. The van der Waals surface area contributed by atoms with Crippen molar-refractivity contribution in [2.45, 2.75) is 38.6 Å². The van der Waals surface area contributed by atoms with E-state index in [9.17, 15) is 9.59 Å². The summed E-state index contributed by atoms with van der Waals surface area (Å²) in [6.45, 7) is 6.78. The Hall–Kier alpha value is -1.53. The average molecular weight is 416 g/mol. The highest BCUT2D eigenvalue weighted by Crippen LogP contribution is 2.32. The number of carbonyl (C=O) groups excluding carboxylic acids is 2. The van der Waals surface area contributed by atoms with Gasteiger partial charge < -0.3 is 9.80 Å². The number of nitrogens with zero attached hydrogens (tertiary/aromatic N) is 3. The predicted molar refractivity (Wildman–Crippen MR) is 118 cm³/mol. The van der Waals surface area contributed by atoms with Gasteiger partial charge in [0.05, 0.1) is 6.04 Å². The van der Waals surface area contributed by atoms with Crippen molar-refractivity contribution in [2.75, 3.05) is 50.8 Å². The monoisotopic (exact) mass is 415 g/mol. The molecule has 1 saturated carbocycles. The predicted octanol–water partition coefficient (Wildman–Crippen LogP) is 2.89. The number of piperazine rings is 1. The molecular formula is C23H33N3O2S. The molecule has 2 heterocycles. The Morgan fingerprint density at radius 3 is 2.24 bits per heavy atom. The number of benzene rings is 1. The third-order valence-corrected chi connectivity index (χ3v) is 7.73. The van der Waals surface area contributed by atoms with E-state index in [4.69, 9.17) is 0 Å². The van der Waals surface area contributed by atoms with Gasteiger partial charge in [-0.15, -0.1) is 0 Å². The van der Waals surface area contributed by atoms with Crippen molar-refractivity contribution in [2.24, 2.45) is 5.92 Å². The lowest BCUT2D eigenvalue weighted by Crippen LogP contribution is -2.59. The molecule has 0 spiro atoms. The van der Waals surface area contributed by atoms with Crippen LogP contribution in [0.4, 0.5) is 0 Å². The fourth-order valence-corrected chi connectivity index (χ4v) is 5.99. The Bertz CT molecular complexity index is 721. The quantitative estimate of drug-likeness (QED) is 0.759. The molecular weight excluding hydrogens is 382 g/mol. The second kappa shape index (κ2) is 9.52. The van der Waals surface area contributed by atoms with Gasteiger partial charge >= 0.3 is 0 Å². The molecule has 29 heavy (non-hydrogen) atoms. The highest BCUT2D eigenvalue weighted by molar-refractivity contribution is 7.99. The minimum absolute atomic E-state index is 0.0105. The van der Waals surface area contributed by atoms with Crippen molar-refractivity contribution in [1.82, 2.24) is 14.7 Å². The highest BCUT2D eigenvalue weighted by Gasteiger charge is 2.39. The molecule has 2 aliphatic heterocycles. The van der Waals surface area contributed by atoms with Crippen molar-refractivity contribution in [3.63, 3.8) is 0 Å². The lowest BCUT2D eigenvalue weighted by atomic mass is 9.94. The van der Waals surface area contributed by atoms with E-state index in [1.165, 1.54) is 25.7 Å². The number of carbonyl (C=O) groups is 2. The third kappa shape index (κ3) is 4.64. The zero-order valence-electron chi connectivity index (χ0n) is 17.5. The van der Waals surface area contributed by atoms with Crippen molar-refractivity contribution < 1.29 is 9.59 Å². The van der Waals surface area contributed by atoms with E-state index in [1.807, 2.05) is 47.9 Å². The number of thioether (sulfide) groups is 1. The molecule has 0 aromatic heterocycles. The molecule has 0 radical (unpaired) electrons. The van der Waals surface area contributed by atoms with E-state index in [0.717, 1.165) is 48.8 Å². The van der Waals surface area contributed by atoms with Crippen LogP contribution in [0.15, 0.2) is 24.3 Å². The van der Waals surface area contributed by atoms with Crippen LogP contribution in [0, 0.1) is 12.8 Å². The fourth-order valence-electron chi connectivity index (χ4n) is 5.09. The molecule has 1 atom stereocenters. The minimum Gasteiger partial charge on any atom is -0.340 e. The number of aryl methyl sites for hydroxylation is 1. The first kappa shape index (κ1) is 20.7. The first-order valence-electron chi connectivity index (χ1n) is 11.1. The smallest absolute Gasteiger partial charge is 0.254 e. The molecule has 4 rings (SSSR count). The van der Waals surface area contributed by atoms with E-state index in [1.54, 1.807) is 0 Å². The summed E-state index contributed by atoms with van der Waals surface area (Å²) in [5.41, 5.74) is 1.83. The highest BCUT2D eigenvalue weighted by atomic mass is 32.2. The second-order valence-electron chi connectivity index (χ2n) is 8.57. The van der Waals surface area contributed by atoms with Gasteiger partial charge in [-0.05, 0) is 37.3 Å². The standard InChI is InChI=1S/C23H33N3O2S/c1-18-6-2-5-9-20(18)22(27)25-12-10-24(11-13-25)21(19-7-3-4-8-19)23(28)26-14-16-29-17-15-26/h2,5-6,9,19,21H,3-4,7-8,10-17H2,1H3. The molecule has 2 amide bonds. The lowest BCUT2D eigenvalue weighted by molar-refractivity contribution is -0.139.